The van der Waals surface area contributed by atoms with Gasteiger partial charge >= 0.3 is 0 Å². The van der Waals surface area contributed by atoms with Gasteiger partial charge in [-0.1, -0.05) is 31.7 Å². The van der Waals surface area contributed by atoms with Gasteiger partial charge in [0.1, 0.15) is 5.84 Å². The largest absolute Gasteiger partial charge is 0.370 e. The number of nitrogens with zero attached hydrogens (tertiary/aromatic N) is 2. The molecule has 1 aromatic rings. The van der Waals surface area contributed by atoms with Crippen molar-refractivity contribution in [3.63, 3.8) is 0 Å². The standard InChI is InChI=1S/C25H38N4O2S/c30-32(31,23-12-11-20-7-5-6-8-21(20)19-23)29-17-13-25(14-18-29)24(26-15-16-27-25)28-22-9-3-1-2-4-10-22/h11-12,19,22,27H,1-10,13-18H2,(H,26,28). The van der Waals surface area contributed by atoms with Crippen LogP contribution in [0.2, 0.25) is 0 Å². The van der Waals surface area contributed by atoms with Crippen molar-refractivity contribution in [1.29, 1.82) is 0 Å². The molecule has 2 fully saturated rings. The Balaban J connectivity index is 1.29. The first-order chi connectivity index (χ1) is 15.6. The Morgan fingerprint density at radius 3 is 2.44 bits per heavy atom. The zero-order valence-corrected chi connectivity index (χ0v) is 20.1. The van der Waals surface area contributed by atoms with E-state index in [0.717, 1.165) is 51.0 Å². The second-order valence-electron chi connectivity index (χ2n) is 10.1. The molecule has 0 unspecified atom stereocenters. The van der Waals surface area contributed by atoms with Crippen molar-refractivity contribution in [1.82, 2.24) is 14.9 Å². The van der Waals surface area contributed by atoms with Crippen LogP contribution in [-0.2, 0) is 22.9 Å². The molecule has 4 aliphatic rings. The first-order valence-electron chi connectivity index (χ1n) is 12.8. The fraction of sp³-hybridized carbons (Fsp3) is 0.720. The predicted octanol–water partition coefficient (Wildman–Crippen LogP) is 3.40. The van der Waals surface area contributed by atoms with Gasteiger partial charge in [0, 0.05) is 25.7 Å². The highest BCUT2D eigenvalue weighted by atomic mass is 32.2. The molecule has 0 bridgehead atoms. The summed E-state index contributed by atoms with van der Waals surface area (Å²) in [6.45, 7) is 2.75. The van der Waals surface area contributed by atoms with Crippen molar-refractivity contribution in [2.24, 2.45) is 4.99 Å². The van der Waals surface area contributed by atoms with E-state index in [9.17, 15) is 8.42 Å². The molecule has 0 amide bonds. The molecule has 1 spiro atoms. The highest BCUT2D eigenvalue weighted by molar-refractivity contribution is 7.89. The number of aryl methyl sites for hydroxylation is 2. The Labute approximate surface area is 193 Å². The van der Waals surface area contributed by atoms with Crippen molar-refractivity contribution < 1.29 is 8.42 Å². The van der Waals surface area contributed by atoms with Crippen LogP contribution in [0.3, 0.4) is 0 Å². The van der Waals surface area contributed by atoms with Gasteiger partial charge in [-0.15, -0.1) is 0 Å². The molecule has 2 N–H and O–H groups in total. The van der Waals surface area contributed by atoms with Crippen LogP contribution in [-0.4, -0.2) is 56.3 Å². The smallest absolute Gasteiger partial charge is 0.243 e. The molecule has 32 heavy (non-hydrogen) atoms. The minimum atomic E-state index is -3.46. The molecule has 1 aromatic carbocycles. The van der Waals surface area contributed by atoms with Gasteiger partial charge in [-0.25, -0.2) is 8.42 Å². The Morgan fingerprint density at radius 2 is 1.69 bits per heavy atom. The highest BCUT2D eigenvalue weighted by Crippen LogP contribution is 2.31. The molecule has 6 nitrogen and oxygen atoms in total. The summed E-state index contributed by atoms with van der Waals surface area (Å²) in [4.78, 5) is 5.37. The molecule has 1 saturated heterocycles. The second kappa shape index (κ2) is 9.43. The van der Waals surface area contributed by atoms with Crippen LogP contribution in [0.5, 0.6) is 0 Å². The summed E-state index contributed by atoms with van der Waals surface area (Å²) < 4.78 is 28.6. The third kappa shape index (κ3) is 4.48. The zero-order chi connectivity index (χ0) is 22.0. The number of piperidine rings is 1. The van der Waals surface area contributed by atoms with Crippen LogP contribution in [0.15, 0.2) is 28.1 Å². The normalized spacial score (nSPS) is 25.1. The number of fused-ring (bicyclic) bond motifs is 1. The Morgan fingerprint density at radius 1 is 0.969 bits per heavy atom. The van der Waals surface area contributed by atoms with Gasteiger partial charge in [0.15, 0.2) is 0 Å². The molecular formula is C25H38N4O2S. The second-order valence-corrected chi connectivity index (χ2v) is 12.1. The number of rotatable bonds is 3. The highest BCUT2D eigenvalue weighted by Gasteiger charge is 2.43. The molecular weight excluding hydrogens is 420 g/mol. The van der Waals surface area contributed by atoms with Crippen LogP contribution in [0.1, 0.15) is 75.3 Å². The molecule has 176 valence electrons. The van der Waals surface area contributed by atoms with E-state index in [1.807, 2.05) is 18.2 Å². The summed E-state index contributed by atoms with van der Waals surface area (Å²) >= 11 is 0. The van der Waals surface area contributed by atoms with Gasteiger partial charge in [0.25, 0.3) is 0 Å². The number of aliphatic imine (C=N–C) groups is 1. The lowest BCUT2D eigenvalue weighted by atomic mass is 9.85. The summed E-state index contributed by atoms with van der Waals surface area (Å²) in [7, 11) is -3.46. The molecule has 2 aliphatic carbocycles. The van der Waals surface area contributed by atoms with Crippen molar-refractivity contribution in [2.75, 3.05) is 26.2 Å². The molecule has 0 atom stereocenters. The molecule has 7 heteroatoms. The van der Waals surface area contributed by atoms with E-state index >= 15 is 0 Å². The number of benzene rings is 1. The molecule has 1 saturated carbocycles. The number of amidine groups is 1. The maximum absolute atomic E-state index is 13.4. The van der Waals surface area contributed by atoms with Gasteiger partial charge in [0.05, 0.1) is 17.0 Å². The van der Waals surface area contributed by atoms with Gasteiger partial charge in [-0.3, -0.25) is 4.99 Å². The molecule has 0 aromatic heterocycles. The van der Waals surface area contributed by atoms with E-state index in [0.29, 0.717) is 24.0 Å². The lowest BCUT2D eigenvalue weighted by Crippen LogP contribution is -2.65. The number of hydrogen-bond acceptors (Lipinski definition) is 5. The van der Waals surface area contributed by atoms with Crippen LogP contribution in [0.4, 0.5) is 0 Å². The molecule has 0 radical (unpaired) electrons. The fourth-order valence-corrected chi connectivity index (χ4v) is 7.53. The zero-order valence-electron chi connectivity index (χ0n) is 19.2. The van der Waals surface area contributed by atoms with E-state index in [1.165, 1.54) is 56.1 Å². The third-order valence-corrected chi connectivity index (χ3v) is 9.92. The maximum Gasteiger partial charge on any atom is 0.243 e. The monoisotopic (exact) mass is 458 g/mol. The van der Waals surface area contributed by atoms with Crippen LogP contribution >= 0.6 is 0 Å². The summed E-state index contributed by atoms with van der Waals surface area (Å²) in [5.41, 5.74) is 2.35. The van der Waals surface area contributed by atoms with E-state index in [2.05, 4.69) is 10.6 Å². The summed E-state index contributed by atoms with van der Waals surface area (Å²) in [5, 5.41) is 7.52. The van der Waals surface area contributed by atoms with Crippen LogP contribution < -0.4 is 10.6 Å². The molecule has 2 aliphatic heterocycles. The van der Waals surface area contributed by atoms with Crippen molar-refractivity contribution >= 4 is 15.9 Å². The molecule has 5 rings (SSSR count). The average Bonchev–Trinajstić information content (AvgIpc) is 3.09. The van der Waals surface area contributed by atoms with Crippen LogP contribution in [0, 0.1) is 0 Å². The van der Waals surface area contributed by atoms with Crippen molar-refractivity contribution in [3.8, 4) is 0 Å². The topological polar surface area (TPSA) is 73.8 Å². The van der Waals surface area contributed by atoms with Gasteiger partial charge in [0.2, 0.25) is 10.0 Å². The van der Waals surface area contributed by atoms with Gasteiger partial charge < -0.3 is 10.6 Å². The first-order valence-corrected chi connectivity index (χ1v) is 14.2. The average molecular weight is 459 g/mol. The maximum atomic E-state index is 13.4. The number of hydrogen-bond donors (Lipinski definition) is 2. The van der Waals surface area contributed by atoms with Gasteiger partial charge in [-0.2, -0.15) is 4.31 Å². The minimum absolute atomic E-state index is 0.202. The summed E-state index contributed by atoms with van der Waals surface area (Å²) in [6.07, 6.45) is 13.7. The Bertz CT molecular complexity index is 943. The SMILES string of the molecule is O=S(=O)(c1ccc2c(c1)CCCC2)N1CCC2(CC1)NCCN=C2NC1CCCCCC1. The van der Waals surface area contributed by atoms with Crippen molar-refractivity contribution in [2.45, 2.75) is 93.5 Å². The van der Waals surface area contributed by atoms with E-state index in [-0.39, 0.29) is 5.54 Å². The lowest BCUT2D eigenvalue weighted by Gasteiger charge is -2.45. The Kier molecular flexibility index (Phi) is 6.59. The molecule has 2 heterocycles. The quantitative estimate of drug-likeness (QED) is 0.681. The first kappa shape index (κ1) is 22.4. The fourth-order valence-electron chi connectivity index (χ4n) is 6.04. The van der Waals surface area contributed by atoms with Crippen LogP contribution in [0.25, 0.3) is 0 Å². The Hall–Kier alpha value is -1.44. The number of nitrogens with one attached hydrogen (secondary N) is 2. The number of sulfonamides is 1. The van der Waals surface area contributed by atoms with E-state index in [4.69, 9.17) is 4.99 Å². The van der Waals surface area contributed by atoms with Gasteiger partial charge in [-0.05, 0) is 74.6 Å². The van der Waals surface area contributed by atoms with E-state index < -0.39 is 10.0 Å². The third-order valence-electron chi connectivity index (χ3n) is 8.03. The summed E-state index contributed by atoms with van der Waals surface area (Å²) in [5.74, 6) is 1.08. The van der Waals surface area contributed by atoms with E-state index in [1.54, 1.807) is 4.31 Å². The summed E-state index contributed by atoms with van der Waals surface area (Å²) in [6, 6.07) is 6.30. The van der Waals surface area contributed by atoms with Crippen molar-refractivity contribution in [3.05, 3.63) is 29.3 Å². The predicted molar refractivity (Wildman–Crippen MR) is 129 cm³/mol. The lowest BCUT2D eigenvalue weighted by molar-refractivity contribution is 0.239. The minimum Gasteiger partial charge on any atom is -0.370 e.